The highest BCUT2D eigenvalue weighted by Gasteiger charge is 2.37. The summed E-state index contributed by atoms with van der Waals surface area (Å²) in [5.41, 5.74) is 39.5. The quantitative estimate of drug-likeness (QED) is 0.0229. The summed E-state index contributed by atoms with van der Waals surface area (Å²) in [6.07, 6.45) is -1.75. The summed E-state index contributed by atoms with van der Waals surface area (Å²) in [6, 6.07) is -16.3. The van der Waals surface area contributed by atoms with Crippen molar-refractivity contribution < 1.29 is 72.2 Å². The van der Waals surface area contributed by atoms with Crippen LogP contribution in [0.5, 0.6) is 0 Å². The van der Waals surface area contributed by atoms with Crippen molar-refractivity contribution in [1.29, 1.82) is 0 Å². The van der Waals surface area contributed by atoms with E-state index in [1.807, 2.05) is 0 Å². The van der Waals surface area contributed by atoms with E-state index in [1.54, 1.807) is 13.8 Å². The van der Waals surface area contributed by atoms with Crippen LogP contribution in [0.1, 0.15) is 157 Å². The fourth-order valence-electron chi connectivity index (χ4n) is 10.1. The Morgan fingerprint density at radius 2 is 0.906 bits per heavy atom. The van der Waals surface area contributed by atoms with Crippen LogP contribution in [0.4, 0.5) is 0 Å². The zero-order valence-corrected chi connectivity index (χ0v) is 55.8. The van der Waals surface area contributed by atoms with Gasteiger partial charge in [-0.05, 0) is 142 Å². The summed E-state index contributed by atoms with van der Waals surface area (Å²) in [4.78, 5) is 203. The minimum absolute atomic E-state index is 0.00947. The average Bonchev–Trinajstić information content (AvgIpc) is 1.75. The lowest BCUT2D eigenvalue weighted by Crippen LogP contribution is -2.61. The Kier molecular flexibility index (Phi) is 38.6. The molecule has 14 amide bonds. The Morgan fingerprint density at radius 3 is 1.34 bits per heavy atom. The molecule has 0 bridgehead atoms. The van der Waals surface area contributed by atoms with Crippen molar-refractivity contribution in [1.82, 2.24) is 69.1 Å². The summed E-state index contributed by atoms with van der Waals surface area (Å²) in [5.74, 6) is -13.3. The van der Waals surface area contributed by atoms with Gasteiger partial charge in [-0.15, -0.1) is 0 Å². The molecular weight excluding hydrogens is 1260 g/mol. The number of carbonyl (C=O) groups is 14. The fourth-order valence-corrected chi connectivity index (χ4v) is 10.1. The van der Waals surface area contributed by atoms with E-state index < -0.39 is 168 Å². The van der Waals surface area contributed by atoms with Crippen LogP contribution in [0.3, 0.4) is 0 Å². The molecule has 96 heavy (non-hydrogen) atoms. The molecular formula is C59H106N22O15. The average molecular weight is 1360 g/mol. The Morgan fingerprint density at radius 1 is 0.510 bits per heavy atom. The number of carbonyl (C=O) groups excluding carboxylic acids is 14. The Balaban J connectivity index is 2.85. The van der Waals surface area contributed by atoms with Crippen molar-refractivity contribution in [2.24, 2.45) is 56.0 Å². The fraction of sp³-hybridized carbons (Fsp3) is 0.729. The van der Waals surface area contributed by atoms with Crippen molar-refractivity contribution in [2.75, 3.05) is 39.3 Å². The van der Waals surface area contributed by atoms with Crippen molar-refractivity contribution in [2.45, 2.75) is 229 Å². The van der Waals surface area contributed by atoms with Crippen LogP contribution in [0.25, 0.3) is 0 Å². The van der Waals surface area contributed by atoms with Crippen LogP contribution in [0, 0.1) is 5.92 Å². The van der Waals surface area contributed by atoms with Crippen LogP contribution >= 0.6 is 0 Å². The lowest BCUT2D eigenvalue weighted by atomic mass is 10.0. The van der Waals surface area contributed by atoms with Gasteiger partial charge in [0.2, 0.25) is 82.7 Å². The van der Waals surface area contributed by atoms with Crippen LogP contribution in [0.2, 0.25) is 0 Å². The van der Waals surface area contributed by atoms with Gasteiger partial charge in [-0.2, -0.15) is 0 Å². The summed E-state index contributed by atoms with van der Waals surface area (Å²) >= 11 is 0. The molecule has 0 radical (unpaired) electrons. The summed E-state index contributed by atoms with van der Waals surface area (Å²) in [5, 5.41) is 43.9. The van der Waals surface area contributed by atoms with E-state index in [1.165, 1.54) is 13.8 Å². The number of nitrogens with zero attached hydrogens (tertiary/aromatic N) is 2. The molecule has 0 aliphatic carbocycles. The number of guanidine groups is 2. The maximum Gasteiger partial charge on any atom is 0.245 e. The molecule has 2 heterocycles. The lowest BCUT2D eigenvalue weighted by Gasteiger charge is -2.29. The topological polar surface area (TPSA) is 622 Å². The van der Waals surface area contributed by atoms with E-state index in [0.717, 1.165) is 6.92 Å². The second kappa shape index (κ2) is 44.6. The zero-order chi connectivity index (χ0) is 72.0. The van der Waals surface area contributed by atoms with Gasteiger partial charge in [0.15, 0.2) is 11.9 Å². The second-order valence-electron chi connectivity index (χ2n) is 24.3. The number of amides is 14. The normalized spacial score (nSPS) is 24.6. The molecule has 0 aromatic heterocycles. The first-order chi connectivity index (χ1) is 45.4. The SMILES string of the molecule is CC(=O)N[C@H](C(=O)N[C@H]1CCCCNC(=O)C[C@@H](C(=O)N[C@H]2CCCCNC(=O)C[C@@H](C(N)=O)NC(=O)[C@H](CC(C)C)NC(=O)[C@H](CCCCN)NC(=O)[C@H](CCCN=C(N)N)NC2=O)NC(=O)[C@H](CCCCN)NC(=O)[C@H](CCCN=C(N)N)NC(=O)[C@H](C)NC1=O)C(C)O. The van der Waals surface area contributed by atoms with Gasteiger partial charge >= 0.3 is 0 Å². The molecule has 37 heteroatoms. The van der Waals surface area contributed by atoms with Crippen molar-refractivity contribution >= 4 is 94.6 Å². The molecule has 2 aliphatic rings. The van der Waals surface area contributed by atoms with Gasteiger partial charge in [0.05, 0.1) is 18.9 Å². The highest BCUT2D eigenvalue weighted by molar-refractivity contribution is 6.00. The van der Waals surface area contributed by atoms with Crippen molar-refractivity contribution in [3.05, 3.63) is 0 Å². The van der Waals surface area contributed by atoms with Gasteiger partial charge in [0.1, 0.15) is 66.5 Å². The molecule has 28 N–H and O–H groups in total. The van der Waals surface area contributed by atoms with Gasteiger partial charge in [-0.25, -0.2) is 0 Å². The third-order valence-corrected chi connectivity index (χ3v) is 15.4. The minimum Gasteiger partial charge on any atom is -0.391 e. The molecule has 0 aromatic rings. The number of unbranched alkanes of at least 4 members (excludes halogenated alkanes) is 2. The molecule has 1 unspecified atom stereocenters. The highest BCUT2D eigenvalue weighted by atomic mass is 16.3. The second-order valence-corrected chi connectivity index (χ2v) is 24.3. The molecule has 2 saturated heterocycles. The monoisotopic (exact) mass is 1360 g/mol. The molecule has 12 atom stereocenters. The Bertz CT molecular complexity index is 2690. The van der Waals surface area contributed by atoms with Gasteiger partial charge in [-0.1, -0.05) is 13.8 Å². The first-order valence-corrected chi connectivity index (χ1v) is 32.7. The number of nitrogens with one attached hydrogen (secondary N) is 13. The molecule has 0 spiro atoms. The van der Waals surface area contributed by atoms with Gasteiger partial charge in [0, 0.05) is 33.1 Å². The van der Waals surface area contributed by atoms with E-state index in [9.17, 15) is 72.2 Å². The maximum atomic E-state index is 14.9. The van der Waals surface area contributed by atoms with Crippen molar-refractivity contribution in [3.63, 3.8) is 0 Å². The molecule has 2 fully saturated rings. The van der Waals surface area contributed by atoms with Crippen molar-refractivity contribution in [3.8, 4) is 0 Å². The van der Waals surface area contributed by atoms with Crippen LogP contribution in [-0.4, -0.2) is 212 Å². The lowest BCUT2D eigenvalue weighted by molar-refractivity contribution is -0.137. The molecule has 542 valence electrons. The van der Waals surface area contributed by atoms with Crippen LogP contribution < -0.4 is 109 Å². The number of hydrogen-bond donors (Lipinski definition) is 21. The van der Waals surface area contributed by atoms with E-state index in [2.05, 4.69) is 79.1 Å². The largest absolute Gasteiger partial charge is 0.391 e. The summed E-state index contributed by atoms with van der Waals surface area (Å²) in [6.45, 7) is 7.35. The molecule has 37 nitrogen and oxygen atoms in total. The first-order valence-electron chi connectivity index (χ1n) is 32.7. The van der Waals surface area contributed by atoms with Crippen LogP contribution in [-0.2, 0) is 67.1 Å². The van der Waals surface area contributed by atoms with E-state index in [0.29, 0.717) is 19.3 Å². The third kappa shape index (κ3) is 32.9. The zero-order valence-electron chi connectivity index (χ0n) is 55.8. The van der Waals surface area contributed by atoms with E-state index in [-0.39, 0.29) is 147 Å². The minimum atomic E-state index is -1.83. The number of nitrogens with two attached hydrogens (primary N) is 7. The predicted octanol–water partition coefficient (Wildman–Crippen LogP) is -7.98. The number of aliphatic imine (C=N–C) groups is 2. The highest BCUT2D eigenvalue weighted by Crippen LogP contribution is 2.14. The number of primary amides is 1. The smallest absolute Gasteiger partial charge is 0.245 e. The molecule has 2 aliphatic heterocycles. The number of hydrogen-bond acceptors (Lipinski definition) is 19. The summed E-state index contributed by atoms with van der Waals surface area (Å²) in [7, 11) is 0. The number of aliphatic hydroxyl groups is 1. The molecule has 2 rings (SSSR count). The molecule has 0 aromatic carbocycles. The standard InChI is InChI=1S/C59H106N22O15/c1-31(2)28-42-55(94)79-41(47(62)86)29-44(84)67-24-13-9-19-38(50(89)76-40(21-15-27-70-59(65)66)52(91)75-36(53(92)80-42)16-6-10-22-60)77-56(95)43-30-45(85)68-25-12-8-18-35(78-57(96)46(33(4)82)72-34(5)83)49(88)71-32(3)48(87)73-39(20-14-26-69-58(63)64)51(90)74-37(54(93)81-43)17-7-11-23-61/h31-33,35-43,46,82H,6-30,60-61H2,1-5H3,(H2,62,86)(H,67,84)(H,68,85)(H,71,88)(H,72,83)(H,73,87)(H,74,90)(H,75,91)(H,76,89)(H,77,95)(H,78,96)(H,79,94)(H,80,92)(H,81,93)(H4,63,64,69)(H4,65,66,70)/t32-,33?,35-,36-,37-,38-,39-,40-,41-,42-,43-,46-/m0/s1. The predicted molar refractivity (Wildman–Crippen MR) is 352 cm³/mol. The summed E-state index contributed by atoms with van der Waals surface area (Å²) < 4.78 is 0. The maximum absolute atomic E-state index is 14.9. The Hall–Kier alpha value is -9.00. The van der Waals surface area contributed by atoms with E-state index >= 15 is 0 Å². The number of aliphatic hydroxyl groups excluding tert-OH is 1. The van der Waals surface area contributed by atoms with Gasteiger partial charge in [0.25, 0.3) is 0 Å². The number of rotatable bonds is 25. The van der Waals surface area contributed by atoms with E-state index in [4.69, 9.17) is 40.1 Å². The first kappa shape index (κ1) is 83.1. The Labute approximate surface area is 558 Å². The van der Waals surface area contributed by atoms with Gasteiger partial charge in [-0.3, -0.25) is 77.1 Å². The third-order valence-electron chi connectivity index (χ3n) is 15.4. The van der Waals surface area contributed by atoms with Crippen LogP contribution in [0.15, 0.2) is 9.98 Å². The van der Waals surface area contributed by atoms with Gasteiger partial charge < -0.3 is 114 Å². The molecule has 0 saturated carbocycles.